The third-order valence-corrected chi connectivity index (χ3v) is 6.32. The minimum atomic E-state index is 0.174. The highest BCUT2D eigenvalue weighted by Gasteiger charge is 2.21. The van der Waals surface area contributed by atoms with Gasteiger partial charge in [-0.15, -0.1) is 11.3 Å². The fraction of sp³-hybridized carbons (Fsp3) is 0.478. The molecule has 6 heteroatoms. The topological polar surface area (TPSA) is 49.9 Å². The zero-order valence-electron chi connectivity index (χ0n) is 17.1. The first kappa shape index (κ1) is 21.4. The van der Waals surface area contributed by atoms with Crippen LogP contribution in [-0.4, -0.2) is 54.9 Å². The summed E-state index contributed by atoms with van der Waals surface area (Å²) in [4.78, 5) is 30.4. The molecule has 1 aromatic carbocycles. The summed E-state index contributed by atoms with van der Waals surface area (Å²) in [6.07, 6.45) is 4.52. The van der Waals surface area contributed by atoms with E-state index in [4.69, 9.17) is 4.74 Å². The van der Waals surface area contributed by atoms with Crippen LogP contribution in [0.5, 0.6) is 5.75 Å². The average Bonchev–Trinajstić information content (AvgIpc) is 3.14. The van der Waals surface area contributed by atoms with Crippen molar-refractivity contribution in [1.82, 2.24) is 9.80 Å². The highest BCUT2D eigenvalue weighted by atomic mass is 32.1. The molecule has 0 aliphatic carbocycles. The second-order valence-electron chi connectivity index (χ2n) is 7.40. The van der Waals surface area contributed by atoms with Crippen molar-refractivity contribution >= 4 is 23.2 Å². The molecule has 3 rings (SSSR count). The number of carbonyl (C=O) groups excluding carboxylic acids is 2. The summed E-state index contributed by atoms with van der Waals surface area (Å²) in [5.74, 6) is 1.22. The van der Waals surface area contributed by atoms with Crippen LogP contribution >= 0.6 is 11.3 Å². The second kappa shape index (κ2) is 11.0. The lowest BCUT2D eigenvalue weighted by molar-refractivity contribution is -0.133. The van der Waals surface area contributed by atoms with Crippen LogP contribution in [0.15, 0.2) is 41.8 Å². The number of rotatable bonds is 8. The van der Waals surface area contributed by atoms with Gasteiger partial charge in [0.15, 0.2) is 0 Å². The number of benzene rings is 1. The zero-order valence-corrected chi connectivity index (χ0v) is 18.0. The molecule has 0 N–H and O–H groups in total. The molecule has 156 valence electrons. The molecule has 2 heterocycles. The first-order chi connectivity index (χ1) is 14.2. The van der Waals surface area contributed by atoms with Crippen LogP contribution in [0, 0.1) is 0 Å². The molecule has 0 saturated carbocycles. The Morgan fingerprint density at radius 3 is 2.24 bits per heavy atom. The molecule has 1 aromatic heterocycles. The maximum absolute atomic E-state index is 12.6. The Morgan fingerprint density at radius 2 is 1.62 bits per heavy atom. The van der Waals surface area contributed by atoms with Gasteiger partial charge in [-0.25, -0.2) is 0 Å². The maximum atomic E-state index is 12.6. The number of nitrogens with zero attached hydrogens (tertiary/aromatic N) is 2. The molecule has 5 nitrogen and oxygen atoms in total. The average molecular weight is 415 g/mol. The second-order valence-corrected chi connectivity index (χ2v) is 8.43. The van der Waals surface area contributed by atoms with Gasteiger partial charge in [-0.05, 0) is 54.8 Å². The minimum Gasteiger partial charge on any atom is -0.497 e. The number of thiophene rings is 1. The Balaban J connectivity index is 1.39. The van der Waals surface area contributed by atoms with E-state index in [1.807, 2.05) is 34.1 Å². The smallest absolute Gasteiger partial charge is 0.222 e. The number of carbonyl (C=O) groups is 2. The largest absolute Gasteiger partial charge is 0.497 e. The molecule has 1 aliphatic heterocycles. The molecule has 0 spiro atoms. The van der Waals surface area contributed by atoms with Gasteiger partial charge < -0.3 is 14.5 Å². The Bertz CT molecular complexity index is 774. The van der Waals surface area contributed by atoms with Crippen molar-refractivity contribution in [2.45, 2.75) is 38.5 Å². The van der Waals surface area contributed by atoms with E-state index in [0.29, 0.717) is 25.9 Å². The standard InChI is InChI=1S/C23H30N2O3S/c1-28-20-11-8-19(9-12-20)10-13-23(27)25-15-4-14-24(16-17-25)22(26)7-2-5-21-6-3-18-29-21/h3,6,8-9,11-12,18H,2,4-5,7,10,13-17H2,1H3. The van der Waals surface area contributed by atoms with E-state index >= 15 is 0 Å². The van der Waals surface area contributed by atoms with Crippen LogP contribution in [0.2, 0.25) is 0 Å². The summed E-state index contributed by atoms with van der Waals surface area (Å²) in [7, 11) is 1.65. The lowest BCUT2D eigenvalue weighted by Gasteiger charge is -2.22. The van der Waals surface area contributed by atoms with Crippen molar-refractivity contribution in [3.05, 3.63) is 52.2 Å². The molecule has 0 radical (unpaired) electrons. The van der Waals surface area contributed by atoms with Crippen LogP contribution in [0.4, 0.5) is 0 Å². The third-order valence-electron chi connectivity index (χ3n) is 5.38. The molecule has 1 saturated heterocycles. The quantitative estimate of drug-likeness (QED) is 0.661. The number of hydrogen-bond donors (Lipinski definition) is 0. The Hall–Kier alpha value is -2.34. The SMILES string of the molecule is COc1ccc(CCC(=O)N2CCCN(C(=O)CCCc3cccs3)CC2)cc1. The molecule has 1 fully saturated rings. The number of aryl methyl sites for hydroxylation is 2. The van der Waals surface area contributed by atoms with Gasteiger partial charge in [-0.1, -0.05) is 18.2 Å². The van der Waals surface area contributed by atoms with E-state index in [1.54, 1.807) is 18.4 Å². The van der Waals surface area contributed by atoms with E-state index in [9.17, 15) is 9.59 Å². The molecule has 1 aliphatic rings. The Kier molecular flexibility index (Phi) is 8.11. The molecule has 0 bridgehead atoms. The Labute approximate surface area is 177 Å². The van der Waals surface area contributed by atoms with E-state index in [-0.39, 0.29) is 11.8 Å². The fourth-order valence-corrected chi connectivity index (χ4v) is 4.40. The lowest BCUT2D eigenvalue weighted by Crippen LogP contribution is -2.37. The summed E-state index contributed by atoms with van der Waals surface area (Å²) in [6.45, 7) is 2.77. The normalized spacial score (nSPS) is 14.5. The highest BCUT2D eigenvalue weighted by Crippen LogP contribution is 2.15. The van der Waals surface area contributed by atoms with E-state index in [2.05, 4.69) is 17.5 Å². The third kappa shape index (κ3) is 6.60. The van der Waals surface area contributed by atoms with Gasteiger partial charge in [0.1, 0.15) is 5.75 Å². The molecular weight excluding hydrogens is 384 g/mol. The summed E-state index contributed by atoms with van der Waals surface area (Å²) in [6, 6.07) is 12.0. The van der Waals surface area contributed by atoms with Gasteiger partial charge in [-0.3, -0.25) is 9.59 Å². The molecule has 0 atom stereocenters. The van der Waals surface area contributed by atoms with E-state index in [0.717, 1.165) is 50.1 Å². The number of amides is 2. The number of methoxy groups -OCH3 is 1. The van der Waals surface area contributed by atoms with Crippen LogP contribution < -0.4 is 4.74 Å². The van der Waals surface area contributed by atoms with Crippen LogP contribution in [0.25, 0.3) is 0 Å². The van der Waals surface area contributed by atoms with Gasteiger partial charge in [0.05, 0.1) is 7.11 Å². The molecule has 2 amide bonds. The van der Waals surface area contributed by atoms with Gasteiger partial charge >= 0.3 is 0 Å². The number of hydrogen-bond acceptors (Lipinski definition) is 4. The Morgan fingerprint density at radius 1 is 0.931 bits per heavy atom. The summed E-state index contributed by atoms with van der Waals surface area (Å²) in [5.41, 5.74) is 1.14. The fourth-order valence-electron chi connectivity index (χ4n) is 3.64. The van der Waals surface area contributed by atoms with E-state index in [1.165, 1.54) is 4.88 Å². The van der Waals surface area contributed by atoms with Gasteiger partial charge in [0, 0.05) is 43.9 Å². The van der Waals surface area contributed by atoms with E-state index < -0.39 is 0 Å². The van der Waals surface area contributed by atoms with Gasteiger partial charge in [0.25, 0.3) is 0 Å². The minimum absolute atomic E-state index is 0.174. The number of ether oxygens (including phenoxy) is 1. The van der Waals surface area contributed by atoms with Crippen molar-refractivity contribution in [3.8, 4) is 5.75 Å². The summed E-state index contributed by atoms with van der Waals surface area (Å²) < 4.78 is 5.17. The van der Waals surface area contributed by atoms with Crippen molar-refractivity contribution in [3.63, 3.8) is 0 Å². The van der Waals surface area contributed by atoms with Crippen molar-refractivity contribution in [2.24, 2.45) is 0 Å². The molecule has 2 aromatic rings. The summed E-state index contributed by atoms with van der Waals surface area (Å²) >= 11 is 1.75. The van der Waals surface area contributed by atoms with Crippen LogP contribution in [0.3, 0.4) is 0 Å². The molecule has 0 unspecified atom stereocenters. The molecule has 29 heavy (non-hydrogen) atoms. The van der Waals surface area contributed by atoms with Crippen molar-refractivity contribution < 1.29 is 14.3 Å². The van der Waals surface area contributed by atoms with Gasteiger partial charge in [0.2, 0.25) is 11.8 Å². The van der Waals surface area contributed by atoms with Crippen molar-refractivity contribution in [1.29, 1.82) is 0 Å². The first-order valence-corrected chi connectivity index (χ1v) is 11.2. The van der Waals surface area contributed by atoms with Crippen LogP contribution in [0.1, 0.15) is 36.1 Å². The predicted octanol–water partition coefficient (Wildman–Crippen LogP) is 3.77. The zero-order chi connectivity index (χ0) is 20.5. The first-order valence-electron chi connectivity index (χ1n) is 10.4. The van der Waals surface area contributed by atoms with Gasteiger partial charge in [-0.2, -0.15) is 0 Å². The van der Waals surface area contributed by atoms with Crippen LogP contribution in [-0.2, 0) is 22.4 Å². The maximum Gasteiger partial charge on any atom is 0.222 e. The summed E-state index contributed by atoms with van der Waals surface area (Å²) in [5, 5.41) is 2.08. The molecular formula is C23H30N2O3S. The monoisotopic (exact) mass is 414 g/mol. The lowest BCUT2D eigenvalue weighted by atomic mass is 10.1. The van der Waals surface area contributed by atoms with Crippen molar-refractivity contribution in [2.75, 3.05) is 33.3 Å². The highest BCUT2D eigenvalue weighted by molar-refractivity contribution is 7.09. The predicted molar refractivity (Wildman–Crippen MR) is 116 cm³/mol.